The summed E-state index contributed by atoms with van der Waals surface area (Å²) in [5.74, 6) is -0.536. The molecule has 10 heteroatoms. The maximum atomic E-state index is 12.6. The van der Waals surface area contributed by atoms with Crippen LogP contribution in [0, 0.1) is 0 Å². The second-order valence-corrected chi connectivity index (χ2v) is 10.2. The van der Waals surface area contributed by atoms with E-state index in [0.29, 0.717) is 10.2 Å². The number of sulfonamides is 1. The summed E-state index contributed by atoms with van der Waals surface area (Å²) >= 11 is 15.2. The van der Waals surface area contributed by atoms with E-state index in [2.05, 4.69) is 26.0 Å². The zero-order chi connectivity index (χ0) is 20.6. The molecule has 146 valence electrons. The standard InChI is InChI=1S/C17H18BrCl2N3O3S/c1-17(2,3)23-27(25,26)10-4-5-12(18)11(8-10)16(24)22-9-6-13(19)15(21)14(20)7-9/h4-8,23H,21H2,1-3H3,(H,22,24). The third-order valence-electron chi connectivity index (χ3n) is 3.27. The third kappa shape index (κ3) is 5.58. The normalized spacial score (nSPS) is 12.1. The topological polar surface area (TPSA) is 101 Å². The Morgan fingerprint density at radius 2 is 1.67 bits per heavy atom. The third-order valence-corrected chi connectivity index (χ3v) is 6.34. The maximum Gasteiger partial charge on any atom is 0.256 e. The van der Waals surface area contributed by atoms with Crippen molar-refractivity contribution < 1.29 is 13.2 Å². The first-order chi connectivity index (χ1) is 12.3. The number of hydrogen-bond donors (Lipinski definition) is 3. The summed E-state index contributed by atoms with van der Waals surface area (Å²) in [7, 11) is -3.79. The number of nitrogen functional groups attached to an aromatic ring is 1. The molecule has 0 aromatic heterocycles. The van der Waals surface area contributed by atoms with Gasteiger partial charge in [-0.2, -0.15) is 0 Å². The Labute approximate surface area is 176 Å². The van der Waals surface area contributed by atoms with Crippen LogP contribution in [0.1, 0.15) is 31.1 Å². The van der Waals surface area contributed by atoms with Crippen LogP contribution in [0.2, 0.25) is 10.0 Å². The number of anilines is 2. The lowest BCUT2D eigenvalue weighted by molar-refractivity contribution is 0.102. The molecule has 0 heterocycles. The summed E-state index contributed by atoms with van der Waals surface area (Å²) in [5.41, 5.74) is 5.69. The van der Waals surface area contributed by atoms with Crippen LogP contribution >= 0.6 is 39.1 Å². The van der Waals surface area contributed by atoms with E-state index in [4.69, 9.17) is 28.9 Å². The van der Waals surface area contributed by atoms with Gasteiger partial charge in [-0.15, -0.1) is 0 Å². The fraction of sp³-hybridized carbons (Fsp3) is 0.235. The lowest BCUT2D eigenvalue weighted by Crippen LogP contribution is -2.40. The number of rotatable bonds is 4. The molecule has 0 aliphatic heterocycles. The van der Waals surface area contributed by atoms with Gasteiger partial charge in [0.1, 0.15) is 0 Å². The van der Waals surface area contributed by atoms with Gasteiger partial charge in [0.15, 0.2) is 0 Å². The van der Waals surface area contributed by atoms with Crippen LogP contribution in [0.3, 0.4) is 0 Å². The van der Waals surface area contributed by atoms with Crippen LogP contribution in [-0.2, 0) is 10.0 Å². The lowest BCUT2D eigenvalue weighted by Gasteiger charge is -2.20. The van der Waals surface area contributed by atoms with E-state index in [-0.39, 0.29) is 26.2 Å². The Morgan fingerprint density at radius 1 is 1.11 bits per heavy atom. The highest BCUT2D eigenvalue weighted by Gasteiger charge is 2.24. The van der Waals surface area contributed by atoms with Crippen LogP contribution in [0.4, 0.5) is 11.4 Å². The number of hydrogen-bond acceptors (Lipinski definition) is 4. The van der Waals surface area contributed by atoms with Gasteiger partial charge in [0.25, 0.3) is 5.91 Å². The fourth-order valence-corrected chi connectivity index (χ4v) is 4.52. The SMILES string of the molecule is CC(C)(C)NS(=O)(=O)c1ccc(Br)c(C(=O)Nc2cc(Cl)c(N)c(Cl)c2)c1. The predicted molar refractivity (Wildman–Crippen MR) is 113 cm³/mol. The highest BCUT2D eigenvalue weighted by atomic mass is 79.9. The quantitative estimate of drug-likeness (QED) is 0.537. The highest BCUT2D eigenvalue weighted by Crippen LogP contribution is 2.31. The van der Waals surface area contributed by atoms with E-state index in [9.17, 15) is 13.2 Å². The maximum absolute atomic E-state index is 12.6. The van der Waals surface area contributed by atoms with E-state index < -0.39 is 21.5 Å². The largest absolute Gasteiger partial charge is 0.396 e. The Kier molecular flexibility index (Phi) is 6.48. The van der Waals surface area contributed by atoms with Gasteiger partial charge in [0.05, 0.1) is 26.2 Å². The monoisotopic (exact) mass is 493 g/mol. The van der Waals surface area contributed by atoms with E-state index >= 15 is 0 Å². The highest BCUT2D eigenvalue weighted by molar-refractivity contribution is 9.10. The van der Waals surface area contributed by atoms with Crippen molar-refractivity contribution in [1.29, 1.82) is 0 Å². The molecule has 0 spiro atoms. The van der Waals surface area contributed by atoms with Gasteiger partial charge in [0.2, 0.25) is 10.0 Å². The first kappa shape index (κ1) is 22.0. The molecule has 2 aromatic rings. The van der Waals surface area contributed by atoms with E-state index in [1.807, 2.05) is 0 Å². The van der Waals surface area contributed by atoms with Crippen molar-refractivity contribution in [3.63, 3.8) is 0 Å². The summed E-state index contributed by atoms with van der Waals surface area (Å²) in [6.07, 6.45) is 0. The number of carbonyl (C=O) groups excluding carboxylic acids is 1. The van der Waals surface area contributed by atoms with E-state index in [1.165, 1.54) is 30.3 Å². The first-order valence-electron chi connectivity index (χ1n) is 7.69. The van der Waals surface area contributed by atoms with E-state index in [0.717, 1.165) is 0 Å². The van der Waals surface area contributed by atoms with Crippen LogP contribution in [0.15, 0.2) is 39.7 Å². The minimum Gasteiger partial charge on any atom is -0.396 e. The minimum atomic E-state index is -3.79. The number of nitrogens with two attached hydrogens (primary N) is 1. The van der Waals surface area contributed by atoms with Gasteiger partial charge in [-0.1, -0.05) is 23.2 Å². The molecule has 0 fully saturated rings. The Balaban J connectivity index is 2.37. The van der Waals surface area contributed by atoms with Crippen molar-refractivity contribution in [2.45, 2.75) is 31.2 Å². The van der Waals surface area contributed by atoms with Crippen molar-refractivity contribution in [3.05, 3.63) is 50.4 Å². The Bertz CT molecular complexity index is 982. The fourth-order valence-electron chi connectivity index (χ4n) is 2.16. The van der Waals surface area contributed by atoms with Gasteiger partial charge in [-0.05, 0) is 67.0 Å². The molecule has 2 aromatic carbocycles. The molecule has 6 nitrogen and oxygen atoms in total. The lowest BCUT2D eigenvalue weighted by atomic mass is 10.1. The summed E-state index contributed by atoms with van der Waals surface area (Å²) < 4.78 is 28.0. The van der Waals surface area contributed by atoms with Crippen molar-refractivity contribution in [2.24, 2.45) is 0 Å². The van der Waals surface area contributed by atoms with Crippen molar-refractivity contribution >= 4 is 66.4 Å². The minimum absolute atomic E-state index is 0.0286. The second kappa shape index (κ2) is 7.97. The average Bonchev–Trinajstić information content (AvgIpc) is 2.50. The van der Waals surface area contributed by atoms with Crippen LogP contribution in [0.5, 0.6) is 0 Å². The Morgan fingerprint density at radius 3 is 2.19 bits per heavy atom. The smallest absolute Gasteiger partial charge is 0.256 e. The molecule has 0 saturated heterocycles. The van der Waals surface area contributed by atoms with Gasteiger partial charge in [-0.3, -0.25) is 4.79 Å². The summed E-state index contributed by atoms with van der Waals surface area (Å²) in [6, 6.07) is 7.10. The summed E-state index contributed by atoms with van der Waals surface area (Å²) in [5, 5.41) is 3.02. The molecule has 0 aliphatic carbocycles. The van der Waals surface area contributed by atoms with Gasteiger partial charge >= 0.3 is 0 Å². The second-order valence-electron chi connectivity index (χ2n) is 6.80. The van der Waals surface area contributed by atoms with Crippen molar-refractivity contribution in [2.75, 3.05) is 11.1 Å². The van der Waals surface area contributed by atoms with Crippen LogP contribution in [-0.4, -0.2) is 19.9 Å². The number of carbonyl (C=O) groups is 1. The van der Waals surface area contributed by atoms with Crippen molar-refractivity contribution in [3.8, 4) is 0 Å². The Hall–Kier alpha value is -1.32. The zero-order valence-corrected chi connectivity index (χ0v) is 18.6. The van der Waals surface area contributed by atoms with Gasteiger partial charge in [0, 0.05) is 15.7 Å². The average molecular weight is 495 g/mol. The molecule has 1 amide bonds. The molecule has 0 aliphatic rings. The van der Waals surface area contributed by atoms with Crippen molar-refractivity contribution in [1.82, 2.24) is 4.72 Å². The molecule has 4 N–H and O–H groups in total. The molecule has 0 saturated carbocycles. The molecular weight excluding hydrogens is 477 g/mol. The number of benzene rings is 2. The molecule has 2 rings (SSSR count). The van der Waals surface area contributed by atoms with Crippen LogP contribution < -0.4 is 15.8 Å². The first-order valence-corrected chi connectivity index (χ1v) is 10.7. The number of halogens is 3. The van der Waals surface area contributed by atoms with E-state index in [1.54, 1.807) is 20.8 Å². The molecule has 0 unspecified atom stereocenters. The molecule has 27 heavy (non-hydrogen) atoms. The molecule has 0 radical (unpaired) electrons. The number of amides is 1. The summed E-state index contributed by atoms with van der Waals surface area (Å²) in [6.45, 7) is 5.18. The molecule has 0 bridgehead atoms. The van der Waals surface area contributed by atoms with Gasteiger partial charge < -0.3 is 11.1 Å². The zero-order valence-electron chi connectivity index (χ0n) is 14.7. The molecule has 0 atom stereocenters. The number of nitrogens with one attached hydrogen (secondary N) is 2. The summed E-state index contributed by atoms with van der Waals surface area (Å²) in [4.78, 5) is 12.6. The predicted octanol–water partition coefficient (Wildman–Crippen LogP) is 4.67. The molecular formula is C17H18BrCl2N3O3S. The van der Waals surface area contributed by atoms with Gasteiger partial charge in [-0.25, -0.2) is 13.1 Å². The van der Waals surface area contributed by atoms with Crippen LogP contribution in [0.25, 0.3) is 0 Å².